The first-order chi connectivity index (χ1) is 15.4. The van der Waals surface area contributed by atoms with Crippen LogP contribution in [0.4, 0.5) is 0 Å². The number of carbonyl (C=O) groups excluding carboxylic acids is 1. The molecule has 9 heteroatoms. The van der Waals surface area contributed by atoms with E-state index in [2.05, 4.69) is 11.4 Å². The molecule has 172 valence electrons. The molecule has 32 heavy (non-hydrogen) atoms. The number of aliphatic carboxylic acids is 1. The summed E-state index contributed by atoms with van der Waals surface area (Å²) in [5.41, 5.74) is 0. The molecule has 2 aliphatic rings. The van der Waals surface area contributed by atoms with Gasteiger partial charge in [-0.05, 0) is 80.5 Å². The van der Waals surface area contributed by atoms with E-state index in [1.54, 1.807) is 18.2 Å². The molecular formula is C23H28N2O5S2. The van der Waals surface area contributed by atoms with Crippen LogP contribution < -0.4 is 5.32 Å². The van der Waals surface area contributed by atoms with Gasteiger partial charge in [-0.2, -0.15) is 8.42 Å². The summed E-state index contributed by atoms with van der Waals surface area (Å²) in [6, 6.07) is 6.47. The van der Waals surface area contributed by atoms with Crippen LogP contribution in [0.5, 0.6) is 0 Å². The average Bonchev–Trinajstić information content (AvgIpc) is 3.55. The quantitative estimate of drug-likeness (QED) is 0.396. The van der Waals surface area contributed by atoms with Crippen molar-refractivity contribution in [2.45, 2.75) is 55.2 Å². The lowest BCUT2D eigenvalue weighted by Gasteiger charge is -2.31. The summed E-state index contributed by atoms with van der Waals surface area (Å²) in [7, 11) is -3.67. The first-order valence-electron chi connectivity index (χ1n) is 11.0. The number of nitrogens with zero attached hydrogens (tertiary/aromatic N) is 1. The zero-order chi connectivity index (χ0) is 22.7. The summed E-state index contributed by atoms with van der Waals surface area (Å²) in [4.78, 5) is 24.0. The first-order valence-corrected chi connectivity index (χ1v) is 13.3. The Labute approximate surface area is 192 Å². The standard InChI is InChI=1S/C23H28N2O5S2/c26-20(27)8-4-2-1-3-7-18-16-9-10-17(15-16)22(18)24-23(28)19-11-12-21(31-19)32(29,30)25-13-5-6-14-25/h1,3,5-6,11-14,16-18,22H,2,4,7-10,15H2,(H,24,28)(H,26,27)/b3-1-/t16-,17?,18+,22+/m1/s1. The molecule has 2 heterocycles. The van der Waals surface area contributed by atoms with Gasteiger partial charge in [-0.25, -0.2) is 3.97 Å². The maximum atomic E-state index is 13.0. The zero-order valence-electron chi connectivity index (χ0n) is 17.7. The van der Waals surface area contributed by atoms with Gasteiger partial charge in [-0.15, -0.1) is 11.3 Å². The van der Waals surface area contributed by atoms with Gasteiger partial charge in [-0.1, -0.05) is 12.2 Å². The van der Waals surface area contributed by atoms with Crippen LogP contribution in [0.2, 0.25) is 0 Å². The van der Waals surface area contributed by atoms with Crippen molar-refractivity contribution in [1.29, 1.82) is 0 Å². The summed E-state index contributed by atoms with van der Waals surface area (Å²) in [6.45, 7) is 0. The molecule has 0 saturated heterocycles. The molecule has 2 N–H and O–H groups in total. The average molecular weight is 477 g/mol. The van der Waals surface area contributed by atoms with E-state index < -0.39 is 16.0 Å². The zero-order valence-corrected chi connectivity index (χ0v) is 19.4. The van der Waals surface area contributed by atoms with Crippen molar-refractivity contribution in [3.05, 3.63) is 53.7 Å². The highest BCUT2D eigenvalue weighted by atomic mass is 32.2. The Morgan fingerprint density at radius 1 is 1.16 bits per heavy atom. The Kier molecular flexibility index (Phi) is 6.85. The van der Waals surface area contributed by atoms with Crippen LogP contribution in [-0.4, -0.2) is 35.4 Å². The van der Waals surface area contributed by atoms with Crippen LogP contribution in [0.1, 0.15) is 54.6 Å². The van der Waals surface area contributed by atoms with Crippen molar-refractivity contribution in [3.63, 3.8) is 0 Å². The molecule has 0 aliphatic heterocycles. The molecule has 4 atom stereocenters. The lowest BCUT2D eigenvalue weighted by molar-refractivity contribution is -0.137. The van der Waals surface area contributed by atoms with Crippen molar-refractivity contribution in [2.75, 3.05) is 0 Å². The number of carboxylic acid groups (broad SMARTS) is 1. The van der Waals surface area contributed by atoms with Gasteiger partial charge in [0.05, 0.1) is 4.88 Å². The Balaban J connectivity index is 1.38. The van der Waals surface area contributed by atoms with Crippen LogP contribution >= 0.6 is 11.3 Å². The molecule has 2 fully saturated rings. The lowest BCUT2D eigenvalue weighted by atomic mass is 9.82. The number of carbonyl (C=O) groups is 2. The molecule has 2 aromatic heterocycles. The Hall–Kier alpha value is -2.39. The molecule has 1 amide bonds. The number of carboxylic acids is 1. The third-order valence-corrected chi connectivity index (χ3v) is 9.84. The van der Waals surface area contributed by atoms with Gasteiger partial charge in [0.25, 0.3) is 15.9 Å². The van der Waals surface area contributed by atoms with E-state index in [4.69, 9.17) is 5.11 Å². The summed E-state index contributed by atoms with van der Waals surface area (Å²) in [5, 5.41) is 11.9. The number of thiophene rings is 1. The molecule has 2 saturated carbocycles. The molecule has 0 radical (unpaired) electrons. The fourth-order valence-electron chi connectivity index (χ4n) is 5.10. The minimum Gasteiger partial charge on any atom is -0.481 e. The van der Waals surface area contributed by atoms with Gasteiger partial charge in [0.1, 0.15) is 4.21 Å². The number of amides is 1. The van der Waals surface area contributed by atoms with Crippen LogP contribution in [0.15, 0.2) is 53.0 Å². The highest BCUT2D eigenvalue weighted by Gasteiger charge is 2.47. The largest absolute Gasteiger partial charge is 0.481 e. The van der Waals surface area contributed by atoms with E-state index in [1.807, 2.05) is 6.08 Å². The summed E-state index contributed by atoms with van der Waals surface area (Å²) in [5.74, 6) is 0.458. The number of allylic oxidation sites excluding steroid dienone is 2. The molecule has 2 aromatic rings. The highest BCUT2D eigenvalue weighted by Crippen LogP contribution is 2.50. The number of unbranched alkanes of at least 4 members (excludes halogenated alkanes) is 1. The fourth-order valence-corrected chi connectivity index (χ4v) is 7.60. The van der Waals surface area contributed by atoms with Crippen LogP contribution in [0.3, 0.4) is 0 Å². The molecule has 1 unspecified atom stereocenters. The van der Waals surface area contributed by atoms with Gasteiger partial charge in [0.15, 0.2) is 0 Å². The second-order valence-electron chi connectivity index (χ2n) is 8.63. The Morgan fingerprint density at radius 3 is 2.66 bits per heavy atom. The minimum absolute atomic E-state index is 0.0940. The Bertz CT molecular complexity index is 1090. The van der Waals surface area contributed by atoms with E-state index in [0.717, 1.165) is 41.0 Å². The third kappa shape index (κ3) is 4.83. The van der Waals surface area contributed by atoms with Gasteiger partial charge in [0.2, 0.25) is 0 Å². The van der Waals surface area contributed by atoms with Crippen LogP contribution in [0, 0.1) is 17.8 Å². The maximum absolute atomic E-state index is 13.0. The minimum atomic E-state index is -3.67. The summed E-state index contributed by atoms with van der Waals surface area (Å²) < 4.78 is 26.6. The molecule has 0 spiro atoms. The number of nitrogens with one attached hydrogen (secondary N) is 1. The Morgan fingerprint density at radius 2 is 1.91 bits per heavy atom. The second kappa shape index (κ2) is 9.62. The monoisotopic (exact) mass is 476 g/mol. The maximum Gasteiger partial charge on any atom is 0.303 e. The van der Waals surface area contributed by atoms with E-state index in [0.29, 0.717) is 29.1 Å². The number of hydrogen-bond donors (Lipinski definition) is 2. The van der Waals surface area contributed by atoms with E-state index in [-0.39, 0.29) is 22.6 Å². The number of fused-ring (bicyclic) bond motifs is 2. The summed E-state index contributed by atoms with van der Waals surface area (Å²) in [6.07, 6.45) is 13.0. The molecule has 0 aromatic carbocycles. The van der Waals surface area contributed by atoms with Gasteiger partial charge in [0, 0.05) is 24.9 Å². The van der Waals surface area contributed by atoms with Crippen molar-refractivity contribution in [1.82, 2.24) is 9.29 Å². The normalized spacial score (nSPS) is 24.9. The molecular weight excluding hydrogens is 448 g/mol. The number of rotatable bonds is 10. The molecule has 7 nitrogen and oxygen atoms in total. The first kappa shape index (κ1) is 22.8. The van der Waals surface area contributed by atoms with Crippen LogP contribution in [0.25, 0.3) is 0 Å². The predicted molar refractivity (Wildman–Crippen MR) is 122 cm³/mol. The van der Waals surface area contributed by atoms with Crippen molar-refractivity contribution < 1.29 is 23.1 Å². The third-order valence-electron chi connectivity index (χ3n) is 6.64. The fraction of sp³-hybridized carbons (Fsp3) is 0.478. The van der Waals surface area contributed by atoms with Gasteiger partial charge < -0.3 is 10.4 Å². The molecule has 2 aliphatic carbocycles. The van der Waals surface area contributed by atoms with Crippen molar-refractivity contribution in [3.8, 4) is 0 Å². The van der Waals surface area contributed by atoms with Crippen molar-refractivity contribution in [2.24, 2.45) is 17.8 Å². The van der Waals surface area contributed by atoms with E-state index >= 15 is 0 Å². The smallest absolute Gasteiger partial charge is 0.303 e. The van der Waals surface area contributed by atoms with Crippen molar-refractivity contribution >= 4 is 33.2 Å². The van der Waals surface area contributed by atoms with E-state index in [1.165, 1.54) is 24.9 Å². The lowest BCUT2D eigenvalue weighted by Crippen LogP contribution is -2.43. The topological polar surface area (TPSA) is 105 Å². The number of aromatic nitrogens is 1. The predicted octanol–water partition coefficient (Wildman–Crippen LogP) is 4.13. The van der Waals surface area contributed by atoms with Gasteiger partial charge >= 0.3 is 5.97 Å². The number of hydrogen-bond acceptors (Lipinski definition) is 5. The SMILES string of the molecule is O=C(O)CCC/C=C\C[C@H]1[C@@H]2CCC(C2)[C@@H]1NC(=O)c1ccc(S(=O)(=O)n2cccc2)s1. The highest BCUT2D eigenvalue weighted by molar-refractivity contribution is 7.92. The molecule has 2 bridgehead atoms. The molecule has 4 rings (SSSR count). The van der Waals surface area contributed by atoms with Crippen LogP contribution in [-0.2, 0) is 14.8 Å². The van der Waals surface area contributed by atoms with Gasteiger partial charge in [-0.3, -0.25) is 9.59 Å². The second-order valence-corrected chi connectivity index (χ2v) is 11.8. The summed E-state index contributed by atoms with van der Waals surface area (Å²) >= 11 is 0.997. The van der Waals surface area contributed by atoms with E-state index in [9.17, 15) is 18.0 Å².